The fraction of sp³-hybridized carbons (Fsp3) is 0.400. The van der Waals surface area contributed by atoms with Crippen molar-refractivity contribution in [1.82, 2.24) is 0 Å². The maximum Gasteiger partial charge on any atom is 0.0468 e. The largest absolute Gasteiger partial charge is 0.396 e. The van der Waals surface area contributed by atoms with Crippen LogP contribution in [0.5, 0.6) is 0 Å². The van der Waals surface area contributed by atoms with Crippen LogP contribution >= 0.6 is 0 Å². The molecule has 11 heavy (non-hydrogen) atoms. The Morgan fingerprint density at radius 2 is 2.09 bits per heavy atom. The van der Waals surface area contributed by atoms with E-state index in [9.17, 15) is 0 Å². The van der Waals surface area contributed by atoms with Gasteiger partial charge in [-0.2, -0.15) is 0 Å². The minimum Gasteiger partial charge on any atom is -0.396 e. The van der Waals surface area contributed by atoms with E-state index in [0.717, 1.165) is 12.0 Å². The van der Waals surface area contributed by atoms with Crippen molar-refractivity contribution in [1.29, 1.82) is 0 Å². The van der Waals surface area contributed by atoms with Crippen molar-refractivity contribution in [3.63, 3.8) is 0 Å². The molecule has 0 unspecified atom stereocenters. The van der Waals surface area contributed by atoms with Crippen LogP contribution in [0.15, 0.2) is 36.0 Å². The Hall–Kier alpha value is -0.820. The molecular weight excluding hydrogens is 136 g/mol. The highest BCUT2D eigenvalue weighted by Gasteiger charge is 1.83. The number of hydrogen-bond donors (Lipinski definition) is 1. The van der Waals surface area contributed by atoms with Gasteiger partial charge in [-0.3, -0.25) is 0 Å². The minimum atomic E-state index is 0.225. The zero-order chi connectivity index (χ0) is 8.69. The molecule has 0 aromatic heterocycles. The van der Waals surface area contributed by atoms with E-state index in [1.807, 2.05) is 32.1 Å². The monoisotopic (exact) mass is 152 g/mol. The summed E-state index contributed by atoms with van der Waals surface area (Å²) in [5, 5.41) is 8.56. The smallest absolute Gasteiger partial charge is 0.0468 e. The van der Waals surface area contributed by atoms with Crippen LogP contribution in [0.2, 0.25) is 0 Å². The van der Waals surface area contributed by atoms with Crippen LogP contribution in [0.4, 0.5) is 0 Å². The molecule has 0 aliphatic rings. The van der Waals surface area contributed by atoms with Gasteiger partial charge in [0.2, 0.25) is 0 Å². The molecule has 0 aromatic carbocycles. The first-order valence-electron chi connectivity index (χ1n) is 3.77. The molecule has 0 heterocycles. The molecule has 0 aromatic rings. The van der Waals surface area contributed by atoms with Gasteiger partial charge in [0.05, 0.1) is 0 Å². The summed E-state index contributed by atoms with van der Waals surface area (Å²) in [6.45, 7) is 7.91. The van der Waals surface area contributed by atoms with E-state index in [1.54, 1.807) is 0 Å². The van der Waals surface area contributed by atoms with E-state index in [4.69, 9.17) is 5.11 Å². The topological polar surface area (TPSA) is 20.2 Å². The molecule has 1 nitrogen and oxygen atoms in total. The normalized spacial score (nSPS) is 12.5. The highest BCUT2D eigenvalue weighted by molar-refractivity contribution is 5.19. The lowest BCUT2D eigenvalue weighted by molar-refractivity contribution is 0.299. The molecule has 0 spiro atoms. The number of rotatable bonds is 4. The molecule has 0 saturated heterocycles. The van der Waals surface area contributed by atoms with Crippen molar-refractivity contribution < 1.29 is 5.11 Å². The van der Waals surface area contributed by atoms with E-state index in [1.165, 1.54) is 5.57 Å². The van der Waals surface area contributed by atoms with Gasteiger partial charge >= 0.3 is 0 Å². The highest BCUT2D eigenvalue weighted by Crippen LogP contribution is 1.99. The lowest BCUT2D eigenvalue weighted by Crippen LogP contribution is -1.82. The molecule has 62 valence electrons. The molecule has 0 fully saturated rings. The lowest BCUT2D eigenvalue weighted by Gasteiger charge is -1.92. The van der Waals surface area contributed by atoms with Crippen LogP contribution < -0.4 is 0 Å². The number of allylic oxidation sites excluding steroid dienone is 4. The molecule has 0 amide bonds. The third-order valence-corrected chi connectivity index (χ3v) is 1.27. The van der Waals surface area contributed by atoms with Gasteiger partial charge in [-0.05, 0) is 20.3 Å². The highest BCUT2D eigenvalue weighted by atomic mass is 16.2. The summed E-state index contributed by atoms with van der Waals surface area (Å²) >= 11 is 0. The molecule has 0 atom stereocenters. The van der Waals surface area contributed by atoms with Gasteiger partial charge in [-0.1, -0.05) is 36.0 Å². The maximum absolute atomic E-state index is 8.56. The van der Waals surface area contributed by atoms with Crippen molar-refractivity contribution in [2.75, 3.05) is 6.61 Å². The Kier molecular flexibility index (Phi) is 5.49. The van der Waals surface area contributed by atoms with E-state index < -0.39 is 0 Å². The first-order valence-corrected chi connectivity index (χ1v) is 3.77. The molecule has 0 bridgehead atoms. The molecule has 0 rings (SSSR count). The van der Waals surface area contributed by atoms with Gasteiger partial charge in [0.1, 0.15) is 0 Å². The van der Waals surface area contributed by atoms with E-state index in [0.29, 0.717) is 0 Å². The van der Waals surface area contributed by atoms with Gasteiger partial charge in [0.25, 0.3) is 0 Å². The van der Waals surface area contributed by atoms with E-state index >= 15 is 0 Å². The summed E-state index contributed by atoms with van der Waals surface area (Å²) in [6.07, 6.45) is 6.64. The van der Waals surface area contributed by atoms with Gasteiger partial charge in [0.15, 0.2) is 0 Å². The Bertz CT molecular complexity index is 175. The summed E-state index contributed by atoms with van der Waals surface area (Å²) < 4.78 is 0. The predicted molar refractivity (Wildman–Crippen MR) is 49.4 cm³/mol. The summed E-state index contributed by atoms with van der Waals surface area (Å²) in [5.41, 5.74) is 2.23. The Labute approximate surface area is 68.7 Å². The molecule has 0 saturated carbocycles. The molecule has 1 N–H and O–H groups in total. The van der Waals surface area contributed by atoms with Crippen molar-refractivity contribution in [2.24, 2.45) is 0 Å². The zero-order valence-corrected chi connectivity index (χ0v) is 7.30. The van der Waals surface area contributed by atoms with Crippen LogP contribution in [0.25, 0.3) is 0 Å². The van der Waals surface area contributed by atoms with Gasteiger partial charge < -0.3 is 5.11 Å². The second kappa shape index (κ2) is 5.93. The Morgan fingerprint density at radius 3 is 2.55 bits per heavy atom. The predicted octanol–water partition coefficient (Wildman–Crippen LogP) is 2.45. The van der Waals surface area contributed by atoms with Gasteiger partial charge in [0, 0.05) is 6.61 Å². The van der Waals surface area contributed by atoms with Crippen molar-refractivity contribution in [3.05, 3.63) is 36.0 Å². The van der Waals surface area contributed by atoms with Crippen molar-refractivity contribution >= 4 is 0 Å². The van der Waals surface area contributed by atoms with Gasteiger partial charge in [-0.25, -0.2) is 0 Å². The first kappa shape index (κ1) is 10.2. The fourth-order valence-corrected chi connectivity index (χ4v) is 0.636. The van der Waals surface area contributed by atoms with Gasteiger partial charge in [-0.15, -0.1) is 0 Å². The van der Waals surface area contributed by atoms with Crippen molar-refractivity contribution in [3.8, 4) is 0 Å². The van der Waals surface area contributed by atoms with Crippen molar-refractivity contribution in [2.45, 2.75) is 20.3 Å². The van der Waals surface area contributed by atoms with Crippen LogP contribution in [0.1, 0.15) is 20.3 Å². The summed E-state index contributed by atoms with van der Waals surface area (Å²) in [4.78, 5) is 0. The maximum atomic E-state index is 8.56. The third-order valence-electron chi connectivity index (χ3n) is 1.27. The number of hydrogen-bond acceptors (Lipinski definition) is 1. The standard InChI is InChI=1S/C10H16O/c1-9(2)5-4-6-10(3)7-8-11/h4-6,11H,1,7-8H2,2-3H3. The van der Waals surface area contributed by atoms with Crippen LogP contribution in [-0.2, 0) is 0 Å². The summed E-state index contributed by atoms with van der Waals surface area (Å²) in [7, 11) is 0. The Morgan fingerprint density at radius 1 is 1.45 bits per heavy atom. The van der Waals surface area contributed by atoms with E-state index in [-0.39, 0.29) is 6.61 Å². The quantitative estimate of drug-likeness (QED) is 0.613. The number of aliphatic hydroxyl groups is 1. The lowest BCUT2D eigenvalue weighted by atomic mass is 10.2. The van der Waals surface area contributed by atoms with Crippen LogP contribution in [0.3, 0.4) is 0 Å². The average Bonchev–Trinajstić information content (AvgIpc) is 1.87. The Balaban J connectivity index is 3.80. The summed E-state index contributed by atoms with van der Waals surface area (Å²) in [5.74, 6) is 0. The van der Waals surface area contributed by atoms with E-state index in [2.05, 4.69) is 6.58 Å². The van der Waals surface area contributed by atoms with Crippen LogP contribution in [-0.4, -0.2) is 11.7 Å². The molecular formula is C10H16O. The molecule has 0 aliphatic carbocycles. The average molecular weight is 152 g/mol. The molecule has 1 heteroatoms. The summed E-state index contributed by atoms with van der Waals surface area (Å²) in [6, 6.07) is 0. The number of aliphatic hydroxyl groups excluding tert-OH is 1. The third kappa shape index (κ3) is 7.07. The molecule has 0 radical (unpaired) electrons. The first-order chi connectivity index (χ1) is 5.16. The second-order valence-corrected chi connectivity index (χ2v) is 2.69. The fourth-order valence-electron chi connectivity index (χ4n) is 0.636. The van der Waals surface area contributed by atoms with Crippen LogP contribution in [0, 0.1) is 0 Å². The molecule has 0 aliphatic heterocycles. The zero-order valence-electron chi connectivity index (χ0n) is 7.30. The SMILES string of the molecule is C=C(C)C=CC=C(C)CCO. The minimum absolute atomic E-state index is 0.225. The second-order valence-electron chi connectivity index (χ2n) is 2.69.